The van der Waals surface area contributed by atoms with Gasteiger partial charge in [-0.2, -0.15) is 0 Å². The highest BCUT2D eigenvalue weighted by molar-refractivity contribution is 8.13. The number of rotatable bonds is 7. The minimum atomic E-state index is -1.06. The van der Waals surface area contributed by atoms with Gasteiger partial charge < -0.3 is 15.7 Å². The van der Waals surface area contributed by atoms with Crippen LogP contribution in [0.1, 0.15) is 22.8 Å². The number of thioether (sulfide) groups is 1. The van der Waals surface area contributed by atoms with E-state index in [-0.39, 0.29) is 16.7 Å². The molecule has 136 valence electrons. The highest BCUT2D eigenvalue weighted by atomic mass is 32.2. The quantitative estimate of drug-likeness (QED) is 0.692. The van der Waals surface area contributed by atoms with Crippen LogP contribution in [-0.4, -0.2) is 34.0 Å². The molecule has 2 aromatic carbocycles. The zero-order chi connectivity index (χ0) is 18.9. The molecule has 26 heavy (non-hydrogen) atoms. The zero-order valence-electron chi connectivity index (χ0n) is 14.3. The molecule has 0 heterocycles. The van der Waals surface area contributed by atoms with Crippen molar-refractivity contribution in [3.8, 4) is 0 Å². The highest BCUT2D eigenvalue weighted by Crippen LogP contribution is 2.12. The summed E-state index contributed by atoms with van der Waals surface area (Å²) in [5.74, 6) is -0.610. The molecule has 1 atom stereocenters. The summed E-state index contributed by atoms with van der Waals surface area (Å²) >= 11 is 1.15. The van der Waals surface area contributed by atoms with E-state index in [1.54, 1.807) is 12.1 Å². The minimum Gasteiger partial charge on any atom is -0.478 e. The lowest BCUT2D eigenvalue weighted by Crippen LogP contribution is -2.41. The van der Waals surface area contributed by atoms with Gasteiger partial charge in [0.05, 0.1) is 5.56 Å². The van der Waals surface area contributed by atoms with Crippen LogP contribution in [0.5, 0.6) is 0 Å². The monoisotopic (exact) mass is 372 g/mol. The standard InChI is InChI=1S/C19H20N2O4S/c1-13(22)26-12-17(10-14-6-3-2-4-7-14)21-19(25)20-16-9-5-8-15(11-16)18(23)24/h2-9,11,17H,10,12H2,1H3,(H,23,24)(H2,20,21,25). The smallest absolute Gasteiger partial charge is 0.335 e. The lowest BCUT2D eigenvalue weighted by Gasteiger charge is -2.18. The van der Waals surface area contributed by atoms with Crippen LogP contribution < -0.4 is 10.6 Å². The van der Waals surface area contributed by atoms with Crippen molar-refractivity contribution in [3.63, 3.8) is 0 Å². The van der Waals surface area contributed by atoms with E-state index in [9.17, 15) is 14.4 Å². The summed E-state index contributed by atoms with van der Waals surface area (Å²) in [7, 11) is 0. The van der Waals surface area contributed by atoms with Gasteiger partial charge >= 0.3 is 12.0 Å². The van der Waals surface area contributed by atoms with Gasteiger partial charge in [0.1, 0.15) is 0 Å². The Labute approximate surface area is 156 Å². The van der Waals surface area contributed by atoms with Gasteiger partial charge in [0.25, 0.3) is 0 Å². The van der Waals surface area contributed by atoms with Crippen LogP contribution in [0.15, 0.2) is 54.6 Å². The molecular formula is C19H20N2O4S. The van der Waals surface area contributed by atoms with Crippen LogP contribution in [0, 0.1) is 0 Å². The minimum absolute atomic E-state index is 0.0144. The Morgan fingerprint density at radius 2 is 1.81 bits per heavy atom. The van der Waals surface area contributed by atoms with Crippen molar-refractivity contribution in [2.24, 2.45) is 0 Å². The predicted octanol–water partition coefficient (Wildman–Crippen LogP) is 3.40. The Balaban J connectivity index is 2.01. The maximum Gasteiger partial charge on any atom is 0.335 e. The number of hydrogen-bond donors (Lipinski definition) is 3. The Kier molecular flexibility index (Phi) is 7.23. The van der Waals surface area contributed by atoms with Gasteiger partial charge in [0, 0.05) is 24.4 Å². The fourth-order valence-electron chi connectivity index (χ4n) is 2.35. The topological polar surface area (TPSA) is 95.5 Å². The van der Waals surface area contributed by atoms with Crippen molar-refractivity contribution < 1.29 is 19.5 Å². The van der Waals surface area contributed by atoms with Gasteiger partial charge in [0.15, 0.2) is 5.12 Å². The molecule has 0 aromatic heterocycles. The van der Waals surface area contributed by atoms with Gasteiger partial charge in [-0.25, -0.2) is 9.59 Å². The number of nitrogens with one attached hydrogen (secondary N) is 2. The second kappa shape index (κ2) is 9.62. The number of benzene rings is 2. The Bertz CT molecular complexity index is 780. The molecule has 0 radical (unpaired) electrons. The first kappa shape index (κ1) is 19.5. The number of carboxylic acids is 1. The average molecular weight is 372 g/mol. The van der Waals surface area contributed by atoms with Gasteiger partial charge in [-0.3, -0.25) is 4.79 Å². The second-order valence-corrected chi connectivity index (χ2v) is 6.87. The van der Waals surface area contributed by atoms with E-state index in [2.05, 4.69) is 10.6 Å². The molecule has 0 aliphatic rings. The summed E-state index contributed by atoms with van der Waals surface area (Å²) in [4.78, 5) is 34.5. The van der Waals surface area contributed by atoms with E-state index in [1.807, 2.05) is 30.3 Å². The number of anilines is 1. The van der Waals surface area contributed by atoms with E-state index in [0.717, 1.165) is 17.3 Å². The van der Waals surface area contributed by atoms with Crippen molar-refractivity contribution in [1.29, 1.82) is 0 Å². The first-order valence-corrected chi connectivity index (χ1v) is 9.01. The van der Waals surface area contributed by atoms with Crippen molar-refractivity contribution in [2.75, 3.05) is 11.1 Å². The van der Waals surface area contributed by atoms with Gasteiger partial charge in [-0.05, 0) is 30.2 Å². The summed E-state index contributed by atoms with van der Waals surface area (Å²) in [5.41, 5.74) is 1.53. The van der Waals surface area contributed by atoms with Gasteiger partial charge in [-0.1, -0.05) is 48.2 Å². The van der Waals surface area contributed by atoms with E-state index >= 15 is 0 Å². The van der Waals surface area contributed by atoms with Crippen LogP contribution in [0.25, 0.3) is 0 Å². The number of carbonyl (C=O) groups is 3. The molecule has 6 nitrogen and oxygen atoms in total. The molecule has 7 heteroatoms. The van der Waals surface area contributed by atoms with Crippen molar-refractivity contribution >= 4 is 34.6 Å². The molecule has 0 spiro atoms. The maximum atomic E-state index is 12.3. The molecule has 2 amide bonds. The summed E-state index contributed by atoms with van der Waals surface area (Å²) in [6.45, 7) is 1.49. The number of carbonyl (C=O) groups excluding carboxylic acids is 2. The lowest BCUT2D eigenvalue weighted by atomic mass is 10.1. The van der Waals surface area contributed by atoms with E-state index < -0.39 is 12.0 Å². The summed E-state index contributed by atoms with van der Waals surface area (Å²) < 4.78 is 0. The van der Waals surface area contributed by atoms with E-state index in [0.29, 0.717) is 17.9 Å². The molecular weight excluding hydrogens is 352 g/mol. The third kappa shape index (κ3) is 6.60. The summed E-state index contributed by atoms with van der Waals surface area (Å²) in [6, 6.07) is 15.0. The van der Waals surface area contributed by atoms with Crippen LogP contribution in [0.3, 0.4) is 0 Å². The number of amides is 2. The third-order valence-electron chi connectivity index (χ3n) is 3.52. The zero-order valence-corrected chi connectivity index (χ0v) is 15.1. The molecule has 1 unspecified atom stereocenters. The molecule has 0 aliphatic carbocycles. The van der Waals surface area contributed by atoms with E-state index in [4.69, 9.17) is 5.11 Å². The van der Waals surface area contributed by atoms with Crippen LogP contribution in [0.4, 0.5) is 10.5 Å². The van der Waals surface area contributed by atoms with Crippen LogP contribution >= 0.6 is 11.8 Å². The van der Waals surface area contributed by atoms with Gasteiger partial charge in [0.2, 0.25) is 0 Å². The van der Waals surface area contributed by atoms with Crippen molar-refractivity contribution in [1.82, 2.24) is 5.32 Å². The number of carboxylic acid groups (broad SMARTS) is 1. The van der Waals surface area contributed by atoms with Crippen LogP contribution in [0.2, 0.25) is 0 Å². The number of hydrogen-bond acceptors (Lipinski definition) is 4. The summed E-state index contributed by atoms with van der Waals surface area (Å²) in [5, 5.41) is 14.5. The first-order valence-electron chi connectivity index (χ1n) is 8.02. The summed E-state index contributed by atoms with van der Waals surface area (Å²) in [6.07, 6.45) is 0.587. The molecule has 0 fully saturated rings. The molecule has 2 rings (SSSR count). The van der Waals surface area contributed by atoms with Crippen LogP contribution in [-0.2, 0) is 11.2 Å². The second-order valence-electron chi connectivity index (χ2n) is 5.67. The Hall–Kier alpha value is -2.80. The SMILES string of the molecule is CC(=O)SCC(Cc1ccccc1)NC(=O)Nc1cccc(C(=O)O)c1. The Morgan fingerprint density at radius 3 is 2.46 bits per heavy atom. The Morgan fingerprint density at radius 1 is 1.08 bits per heavy atom. The molecule has 0 saturated carbocycles. The molecule has 0 bridgehead atoms. The molecule has 2 aromatic rings. The fourth-order valence-corrected chi connectivity index (χ4v) is 2.99. The van der Waals surface area contributed by atoms with Crippen molar-refractivity contribution in [2.45, 2.75) is 19.4 Å². The van der Waals surface area contributed by atoms with Crippen molar-refractivity contribution in [3.05, 3.63) is 65.7 Å². The molecule has 0 aliphatic heterocycles. The van der Waals surface area contributed by atoms with Gasteiger partial charge in [-0.15, -0.1) is 0 Å². The normalized spacial score (nSPS) is 11.4. The fraction of sp³-hybridized carbons (Fsp3) is 0.211. The average Bonchev–Trinajstić information content (AvgIpc) is 2.60. The largest absolute Gasteiger partial charge is 0.478 e. The lowest BCUT2D eigenvalue weighted by molar-refractivity contribution is -0.109. The van der Waals surface area contributed by atoms with E-state index in [1.165, 1.54) is 19.1 Å². The molecule has 3 N–H and O–H groups in total. The molecule has 0 saturated heterocycles. The number of urea groups is 1. The third-order valence-corrected chi connectivity index (χ3v) is 4.49. The highest BCUT2D eigenvalue weighted by Gasteiger charge is 2.15. The predicted molar refractivity (Wildman–Crippen MR) is 103 cm³/mol. The number of aromatic carboxylic acids is 1. The first-order chi connectivity index (χ1) is 12.4. The maximum absolute atomic E-state index is 12.3.